The van der Waals surface area contributed by atoms with Crippen LogP contribution in [0.3, 0.4) is 0 Å². The number of nitrogens with zero attached hydrogens (tertiary/aromatic N) is 2. The fourth-order valence-electron chi connectivity index (χ4n) is 2.39. The third-order valence-electron chi connectivity index (χ3n) is 3.66. The molecule has 0 bridgehead atoms. The average molecular weight is 289 g/mol. The number of ether oxygens (including phenoxy) is 1. The average Bonchev–Trinajstić information content (AvgIpc) is 3.23. The summed E-state index contributed by atoms with van der Waals surface area (Å²) < 4.78 is 21.9. The summed E-state index contributed by atoms with van der Waals surface area (Å²) in [7, 11) is 0. The first kappa shape index (κ1) is 14.1. The Morgan fingerprint density at radius 2 is 2.29 bits per heavy atom. The molecular weight excluding hydrogens is 269 g/mol. The van der Waals surface area contributed by atoms with E-state index in [0.29, 0.717) is 24.9 Å². The van der Waals surface area contributed by atoms with E-state index < -0.39 is 0 Å². The van der Waals surface area contributed by atoms with Crippen LogP contribution in [0.1, 0.15) is 37.1 Å². The zero-order valence-corrected chi connectivity index (χ0v) is 12.2. The summed E-state index contributed by atoms with van der Waals surface area (Å²) >= 11 is 0. The van der Waals surface area contributed by atoms with Crippen molar-refractivity contribution in [1.29, 1.82) is 0 Å². The predicted octanol–water partition coefficient (Wildman–Crippen LogP) is 3.05. The molecule has 0 saturated heterocycles. The molecule has 5 heteroatoms. The van der Waals surface area contributed by atoms with Gasteiger partial charge in [-0.05, 0) is 25.5 Å². The van der Waals surface area contributed by atoms with Crippen molar-refractivity contribution in [2.45, 2.75) is 39.0 Å². The molecule has 1 aliphatic carbocycles. The van der Waals surface area contributed by atoms with Crippen LogP contribution in [0.4, 0.5) is 4.39 Å². The second-order valence-electron chi connectivity index (χ2n) is 5.32. The van der Waals surface area contributed by atoms with Crippen LogP contribution in [0.15, 0.2) is 30.7 Å². The van der Waals surface area contributed by atoms with Gasteiger partial charge in [0.25, 0.3) is 0 Å². The first-order chi connectivity index (χ1) is 10.3. The molecule has 1 aromatic heterocycles. The third-order valence-corrected chi connectivity index (χ3v) is 3.66. The monoisotopic (exact) mass is 289 g/mol. The Bertz CT molecular complexity index is 607. The van der Waals surface area contributed by atoms with Crippen LogP contribution < -0.4 is 10.1 Å². The van der Waals surface area contributed by atoms with Crippen LogP contribution in [0.25, 0.3) is 0 Å². The highest BCUT2D eigenvalue weighted by atomic mass is 19.1. The lowest BCUT2D eigenvalue weighted by atomic mass is 10.2. The Balaban J connectivity index is 1.73. The highest BCUT2D eigenvalue weighted by Crippen LogP contribution is 2.36. The molecule has 0 spiro atoms. The number of hydrogen-bond acceptors (Lipinski definition) is 3. The van der Waals surface area contributed by atoms with Gasteiger partial charge in [-0.2, -0.15) is 0 Å². The molecule has 112 valence electrons. The molecule has 0 unspecified atom stereocenters. The van der Waals surface area contributed by atoms with Gasteiger partial charge < -0.3 is 14.6 Å². The van der Waals surface area contributed by atoms with Gasteiger partial charge in [0.05, 0.1) is 18.2 Å². The normalized spacial score (nSPS) is 14.4. The number of nitrogens with one attached hydrogen (secondary N) is 1. The lowest BCUT2D eigenvalue weighted by Gasteiger charge is -2.13. The number of imidazole rings is 1. The van der Waals surface area contributed by atoms with Gasteiger partial charge in [0.15, 0.2) is 11.6 Å². The lowest BCUT2D eigenvalue weighted by molar-refractivity contribution is 0.276. The maximum atomic E-state index is 14.0. The van der Waals surface area contributed by atoms with Crippen molar-refractivity contribution in [2.75, 3.05) is 6.54 Å². The molecule has 1 saturated carbocycles. The van der Waals surface area contributed by atoms with Gasteiger partial charge in [0.1, 0.15) is 6.61 Å². The van der Waals surface area contributed by atoms with Gasteiger partial charge in [-0.15, -0.1) is 0 Å². The standard InChI is InChI=1S/C16H20FN3O/c1-2-18-8-12-4-3-5-15(17)16(12)21-10-14-9-19-11-20(14)13-6-7-13/h3-5,9,11,13,18H,2,6-8,10H2,1H3. The summed E-state index contributed by atoms with van der Waals surface area (Å²) in [5, 5.41) is 3.20. The van der Waals surface area contributed by atoms with Crippen LogP contribution in [0.2, 0.25) is 0 Å². The van der Waals surface area contributed by atoms with Gasteiger partial charge in [0, 0.05) is 18.2 Å². The number of para-hydroxylation sites is 1. The SMILES string of the molecule is CCNCc1cccc(F)c1OCc1cncn1C1CC1. The molecule has 21 heavy (non-hydrogen) atoms. The number of aromatic nitrogens is 2. The maximum absolute atomic E-state index is 14.0. The van der Waals surface area contributed by atoms with Gasteiger partial charge in [-0.1, -0.05) is 19.1 Å². The van der Waals surface area contributed by atoms with E-state index in [1.807, 2.05) is 19.3 Å². The van der Waals surface area contributed by atoms with Crippen molar-refractivity contribution in [3.8, 4) is 5.75 Å². The molecule has 1 N–H and O–H groups in total. The van der Waals surface area contributed by atoms with Crippen LogP contribution in [-0.2, 0) is 13.2 Å². The second kappa shape index (κ2) is 6.26. The summed E-state index contributed by atoms with van der Waals surface area (Å²) in [5.74, 6) is 0.0184. The number of benzene rings is 1. The van der Waals surface area contributed by atoms with Crippen LogP contribution in [0.5, 0.6) is 5.75 Å². The van der Waals surface area contributed by atoms with Crippen molar-refractivity contribution in [2.24, 2.45) is 0 Å². The predicted molar refractivity (Wildman–Crippen MR) is 78.6 cm³/mol. The highest BCUT2D eigenvalue weighted by Gasteiger charge is 2.25. The molecule has 1 aliphatic rings. The molecule has 0 aliphatic heterocycles. The number of halogens is 1. The summed E-state index contributed by atoms with van der Waals surface area (Å²) in [6, 6.07) is 5.58. The van der Waals surface area contributed by atoms with Crippen molar-refractivity contribution in [1.82, 2.24) is 14.9 Å². The third kappa shape index (κ3) is 3.24. The van der Waals surface area contributed by atoms with Gasteiger partial charge in [0.2, 0.25) is 0 Å². The Morgan fingerprint density at radius 1 is 1.43 bits per heavy atom. The van der Waals surface area contributed by atoms with Gasteiger partial charge >= 0.3 is 0 Å². The molecule has 0 amide bonds. The van der Waals surface area contributed by atoms with E-state index in [2.05, 4.69) is 14.9 Å². The maximum Gasteiger partial charge on any atom is 0.165 e. The minimum atomic E-state index is -0.317. The molecule has 2 aromatic rings. The van der Waals surface area contributed by atoms with E-state index in [9.17, 15) is 4.39 Å². The molecule has 0 atom stereocenters. The van der Waals surface area contributed by atoms with E-state index >= 15 is 0 Å². The topological polar surface area (TPSA) is 39.1 Å². The first-order valence-corrected chi connectivity index (χ1v) is 7.41. The van der Waals surface area contributed by atoms with E-state index in [0.717, 1.165) is 17.8 Å². The van der Waals surface area contributed by atoms with Crippen LogP contribution in [0, 0.1) is 5.82 Å². The Hall–Kier alpha value is -1.88. The number of hydrogen-bond donors (Lipinski definition) is 1. The summed E-state index contributed by atoms with van der Waals surface area (Å²) in [5.41, 5.74) is 1.84. The number of rotatable bonds is 7. The van der Waals surface area contributed by atoms with Crippen molar-refractivity contribution in [3.63, 3.8) is 0 Å². The van der Waals surface area contributed by atoms with E-state index in [-0.39, 0.29) is 5.82 Å². The Kier molecular flexibility index (Phi) is 4.20. The molecule has 4 nitrogen and oxygen atoms in total. The summed E-state index contributed by atoms with van der Waals surface area (Å²) in [6.45, 7) is 3.81. The zero-order chi connectivity index (χ0) is 14.7. The summed E-state index contributed by atoms with van der Waals surface area (Å²) in [6.07, 6.45) is 6.00. The Morgan fingerprint density at radius 3 is 3.05 bits per heavy atom. The highest BCUT2D eigenvalue weighted by molar-refractivity contribution is 5.35. The van der Waals surface area contributed by atoms with E-state index in [1.165, 1.54) is 18.9 Å². The first-order valence-electron chi connectivity index (χ1n) is 7.41. The van der Waals surface area contributed by atoms with Crippen LogP contribution in [-0.4, -0.2) is 16.1 Å². The fraction of sp³-hybridized carbons (Fsp3) is 0.438. The lowest BCUT2D eigenvalue weighted by Crippen LogP contribution is -2.14. The molecule has 1 heterocycles. The molecule has 0 radical (unpaired) electrons. The van der Waals surface area contributed by atoms with Crippen LogP contribution >= 0.6 is 0 Å². The van der Waals surface area contributed by atoms with Crippen molar-refractivity contribution in [3.05, 3.63) is 47.8 Å². The molecular formula is C16H20FN3O. The van der Waals surface area contributed by atoms with Crippen molar-refractivity contribution >= 4 is 0 Å². The fourth-order valence-corrected chi connectivity index (χ4v) is 2.39. The van der Waals surface area contributed by atoms with Gasteiger partial charge in [-0.3, -0.25) is 0 Å². The minimum absolute atomic E-state index is 0.317. The zero-order valence-electron chi connectivity index (χ0n) is 12.2. The summed E-state index contributed by atoms with van der Waals surface area (Å²) in [4.78, 5) is 4.17. The van der Waals surface area contributed by atoms with Gasteiger partial charge in [-0.25, -0.2) is 9.37 Å². The van der Waals surface area contributed by atoms with Crippen molar-refractivity contribution < 1.29 is 9.13 Å². The minimum Gasteiger partial charge on any atom is -0.484 e. The second-order valence-corrected chi connectivity index (χ2v) is 5.32. The largest absolute Gasteiger partial charge is 0.484 e. The molecule has 1 fully saturated rings. The van der Waals surface area contributed by atoms with E-state index in [4.69, 9.17) is 4.74 Å². The smallest absolute Gasteiger partial charge is 0.165 e. The molecule has 3 rings (SSSR count). The van der Waals surface area contributed by atoms with E-state index in [1.54, 1.807) is 12.3 Å². The quantitative estimate of drug-likeness (QED) is 0.851. The Labute approximate surface area is 124 Å². The molecule has 1 aromatic carbocycles.